The van der Waals surface area contributed by atoms with E-state index >= 15 is 0 Å². The largest absolute Gasteiger partial charge is 0.207 e. The Morgan fingerprint density at radius 3 is 1.87 bits per heavy atom. The molecule has 0 bridgehead atoms. The molecule has 0 spiro atoms. The van der Waals surface area contributed by atoms with Crippen LogP contribution in [0, 0.1) is 42.1 Å². The summed E-state index contributed by atoms with van der Waals surface area (Å²) >= 11 is 0. The van der Waals surface area contributed by atoms with Crippen molar-refractivity contribution in [3.8, 4) is 11.1 Å². The maximum absolute atomic E-state index is 14.9. The van der Waals surface area contributed by atoms with Gasteiger partial charge >= 0.3 is 0 Å². The van der Waals surface area contributed by atoms with E-state index in [1.165, 1.54) is 70.4 Å². The summed E-state index contributed by atoms with van der Waals surface area (Å²) in [5.41, 5.74) is 1.52. The lowest BCUT2D eigenvalue weighted by molar-refractivity contribution is 0.156. The quantitative estimate of drug-likeness (QED) is 0.446. The van der Waals surface area contributed by atoms with Crippen LogP contribution in [0.15, 0.2) is 30.3 Å². The van der Waals surface area contributed by atoms with Crippen molar-refractivity contribution in [3.05, 3.63) is 58.9 Å². The lowest BCUT2D eigenvalue weighted by atomic mass is 9.68. The van der Waals surface area contributed by atoms with E-state index in [4.69, 9.17) is 0 Å². The van der Waals surface area contributed by atoms with E-state index in [0.29, 0.717) is 5.92 Å². The molecular formula is C28H35F3. The van der Waals surface area contributed by atoms with Gasteiger partial charge in [-0.25, -0.2) is 13.2 Å². The number of halogens is 3. The monoisotopic (exact) mass is 428 g/mol. The standard InChI is InChI=1S/C28H35F3/c1-3-4-19-5-7-20(8-6-19)21-9-11-22(12-10-21)23-13-14-25(28(31)15-23)24-16-26(29)18(2)27(30)17-24/h13-17,19-22H,3-12H2,1-2H3. The highest BCUT2D eigenvalue weighted by Crippen LogP contribution is 2.44. The van der Waals surface area contributed by atoms with E-state index in [9.17, 15) is 13.2 Å². The first-order valence-corrected chi connectivity index (χ1v) is 12.2. The maximum atomic E-state index is 14.9. The highest BCUT2D eigenvalue weighted by molar-refractivity contribution is 5.65. The Morgan fingerprint density at radius 1 is 0.742 bits per heavy atom. The lowest BCUT2D eigenvalue weighted by Gasteiger charge is -2.38. The van der Waals surface area contributed by atoms with Crippen molar-refractivity contribution in [2.75, 3.05) is 0 Å². The highest BCUT2D eigenvalue weighted by Gasteiger charge is 2.31. The molecule has 0 nitrogen and oxygen atoms in total. The van der Waals surface area contributed by atoms with Gasteiger partial charge in [-0.1, -0.05) is 44.7 Å². The predicted molar refractivity (Wildman–Crippen MR) is 122 cm³/mol. The molecule has 0 atom stereocenters. The SMILES string of the molecule is CCCC1CCC(C2CCC(c3ccc(-c4cc(F)c(C)c(F)c4)c(F)c3)CC2)CC1. The average molecular weight is 429 g/mol. The lowest BCUT2D eigenvalue weighted by Crippen LogP contribution is -2.25. The van der Waals surface area contributed by atoms with Crippen LogP contribution in [0.3, 0.4) is 0 Å². The van der Waals surface area contributed by atoms with Gasteiger partial charge in [0.05, 0.1) is 0 Å². The molecule has 0 saturated heterocycles. The van der Waals surface area contributed by atoms with Gasteiger partial charge in [0, 0.05) is 11.1 Å². The molecular weight excluding hydrogens is 393 g/mol. The molecule has 0 heterocycles. The van der Waals surface area contributed by atoms with Crippen LogP contribution >= 0.6 is 0 Å². The Hall–Kier alpha value is -1.77. The van der Waals surface area contributed by atoms with Crippen molar-refractivity contribution in [2.24, 2.45) is 17.8 Å². The van der Waals surface area contributed by atoms with Crippen molar-refractivity contribution >= 4 is 0 Å². The summed E-state index contributed by atoms with van der Waals surface area (Å²) in [6.45, 7) is 3.68. The third-order valence-electron chi connectivity index (χ3n) is 8.08. The van der Waals surface area contributed by atoms with Crippen LogP contribution in [0.5, 0.6) is 0 Å². The summed E-state index contributed by atoms with van der Waals surface area (Å²) in [6.07, 6.45) is 13.0. The van der Waals surface area contributed by atoms with Crippen LogP contribution in [-0.2, 0) is 0 Å². The molecule has 2 aliphatic rings. The van der Waals surface area contributed by atoms with Gasteiger partial charge in [-0.05, 0) is 98.4 Å². The zero-order valence-corrected chi connectivity index (χ0v) is 18.9. The van der Waals surface area contributed by atoms with E-state index < -0.39 is 17.5 Å². The fourth-order valence-electron chi connectivity index (χ4n) is 6.10. The number of rotatable bonds is 5. The molecule has 0 amide bonds. The second-order valence-electron chi connectivity index (χ2n) is 9.99. The third-order valence-corrected chi connectivity index (χ3v) is 8.08. The Balaban J connectivity index is 1.38. The fourth-order valence-corrected chi connectivity index (χ4v) is 6.10. The summed E-state index contributed by atoms with van der Waals surface area (Å²) < 4.78 is 42.7. The van der Waals surface area contributed by atoms with Gasteiger partial charge < -0.3 is 0 Å². The normalized spacial score (nSPS) is 26.7. The summed E-state index contributed by atoms with van der Waals surface area (Å²) in [4.78, 5) is 0. The van der Waals surface area contributed by atoms with Gasteiger partial charge in [-0.2, -0.15) is 0 Å². The van der Waals surface area contributed by atoms with Crippen molar-refractivity contribution in [1.82, 2.24) is 0 Å². The second kappa shape index (κ2) is 9.79. The van der Waals surface area contributed by atoms with Crippen LogP contribution in [0.1, 0.15) is 88.2 Å². The summed E-state index contributed by atoms with van der Waals surface area (Å²) in [6, 6.07) is 7.67. The average Bonchev–Trinajstić information content (AvgIpc) is 2.78. The first-order chi connectivity index (χ1) is 15.0. The fraction of sp³-hybridized carbons (Fsp3) is 0.571. The zero-order chi connectivity index (χ0) is 22.0. The molecule has 4 rings (SSSR count). The van der Waals surface area contributed by atoms with Crippen LogP contribution in [0.25, 0.3) is 11.1 Å². The predicted octanol–water partition coefficient (Wildman–Crippen LogP) is 8.96. The topological polar surface area (TPSA) is 0 Å². The van der Waals surface area contributed by atoms with Crippen molar-refractivity contribution in [3.63, 3.8) is 0 Å². The first-order valence-electron chi connectivity index (χ1n) is 12.2. The van der Waals surface area contributed by atoms with Gasteiger partial charge in [0.25, 0.3) is 0 Å². The van der Waals surface area contributed by atoms with Crippen LogP contribution < -0.4 is 0 Å². The van der Waals surface area contributed by atoms with E-state index in [2.05, 4.69) is 6.92 Å². The maximum Gasteiger partial charge on any atom is 0.131 e. The molecule has 3 heteroatoms. The molecule has 0 aromatic heterocycles. The van der Waals surface area contributed by atoms with Crippen molar-refractivity contribution in [1.29, 1.82) is 0 Å². The summed E-state index contributed by atoms with van der Waals surface area (Å²) in [5, 5.41) is 0. The smallest absolute Gasteiger partial charge is 0.131 e. The van der Waals surface area contributed by atoms with Crippen molar-refractivity contribution in [2.45, 2.75) is 84.0 Å². The third kappa shape index (κ3) is 5.02. The molecule has 0 aliphatic heterocycles. The van der Waals surface area contributed by atoms with E-state index in [0.717, 1.165) is 36.2 Å². The summed E-state index contributed by atoms with van der Waals surface area (Å²) in [5.74, 6) is 1.40. The number of hydrogen-bond donors (Lipinski definition) is 0. The Kier molecular flexibility index (Phi) is 7.08. The minimum atomic E-state index is -0.638. The van der Waals surface area contributed by atoms with Crippen LogP contribution in [0.2, 0.25) is 0 Å². The molecule has 2 saturated carbocycles. The second-order valence-corrected chi connectivity index (χ2v) is 9.99. The molecule has 2 aliphatic carbocycles. The van der Waals surface area contributed by atoms with Gasteiger partial charge in [0.1, 0.15) is 17.5 Å². The summed E-state index contributed by atoms with van der Waals surface area (Å²) in [7, 11) is 0. The Bertz CT molecular complexity index is 864. The van der Waals surface area contributed by atoms with Crippen LogP contribution in [-0.4, -0.2) is 0 Å². The van der Waals surface area contributed by atoms with E-state index in [1.807, 2.05) is 6.07 Å². The van der Waals surface area contributed by atoms with E-state index in [-0.39, 0.29) is 16.7 Å². The molecule has 2 aromatic rings. The molecule has 0 unspecified atom stereocenters. The van der Waals surface area contributed by atoms with E-state index in [1.54, 1.807) is 12.1 Å². The van der Waals surface area contributed by atoms with Gasteiger partial charge in [-0.3, -0.25) is 0 Å². The van der Waals surface area contributed by atoms with Crippen molar-refractivity contribution < 1.29 is 13.2 Å². The number of benzene rings is 2. The molecule has 2 fully saturated rings. The minimum Gasteiger partial charge on any atom is -0.207 e. The molecule has 168 valence electrons. The Labute approximate surface area is 185 Å². The van der Waals surface area contributed by atoms with Gasteiger partial charge in [-0.15, -0.1) is 0 Å². The molecule has 0 N–H and O–H groups in total. The van der Waals surface area contributed by atoms with Gasteiger partial charge in [0.2, 0.25) is 0 Å². The van der Waals surface area contributed by atoms with Crippen LogP contribution in [0.4, 0.5) is 13.2 Å². The first kappa shape index (κ1) is 22.4. The minimum absolute atomic E-state index is 0.0311. The van der Waals surface area contributed by atoms with Gasteiger partial charge in [0.15, 0.2) is 0 Å². The zero-order valence-electron chi connectivity index (χ0n) is 18.9. The molecule has 0 radical (unpaired) electrons. The molecule has 31 heavy (non-hydrogen) atoms. The molecule has 2 aromatic carbocycles. The Morgan fingerprint density at radius 2 is 1.32 bits per heavy atom. The number of hydrogen-bond acceptors (Lipinski definition) is 0. The highest BCUT2D eigenvalue weighted by atomic mass is 19.1.